The van der Waals surface area contributed by atoms with Gasteiger partial charge in [-0.05, 0) is 74.8 Å². The van der Waals surface area contributed by atoms with Crippen molar-refractivity contribution in [2.75, 3.05) is 24.5 Å². The van der Waals surface area contributed by atoms with Crippen LogP contribution >= 0.6 is 23.2 Å². The van der Waals surface area contributed by atoms with Gasteiger partial charge in [0.2, 0.25) is 5.91 Å². The van der Waals surface area contributed by atoms with Gasteiger partial charge in [-0.3, -0.25) is 9.59 Å². The summed E-state index contributed by atoms with van der Waals surface area (Å²) in [7, 11) is 1.76. The molecule has 1 N–H and O–H groups in total. The summed E-state index contributed by atoms with van der Waals surface area (Å²) in [5, 5.41) is 15.6. The predicted molar refractivity (Wildman–Crippen MR) is 208 cm³/mol. The number of pyridine rings is 2. The number of aromatic nitrogens is 3. The highest BCUT2D eigenvalue weighted by Gasteiger charge is 2.55. The van der Waals surface area contributed by atoms with Crippen LogP contribution in [0.5, 0.6) is 0 Å². The van der Waals surface area contributed by atoms with E-state index < -0.39 is 5.82 Å². The molecule has 12 heteroatoms. The standard InChI is InChI=1S/C42H40Cl2FN7O2/c1-21-29-17-33(40-25-13-27(51(40)42(54)22-8-9-22)20-50(19-25)26-10-12-49(2)34(53)16-26)52(39-24-15-32(39)47-18-24)41(29)30-14-23(5-4-11-46)35(37(45)38(30)48-21)28-6-3-7-31(43)36(28)44/h3,6-7,10,12,14,16-17,22,24-25,27,32,39-40,47H,4-5,8-9,13,15,18-20H2,1-2H3. The molecule has 0 radical (unpaired) electrons. The lowest BCUT2D eigenvalue weighted by atomic mass is 9.79. The van der Waals surface area contributed by atoms with E-state index in [9.17, 15) is 14.9 Å². The Kier molecular flexibility index (Phi) is 7.92. The largest absolute Gasteiger partial charge is 0.369 e. The number of hydrogen-bond acceptors (Lipinski definition) is 6. The molecule has 4 bridgehead atoms. The molecule has 276 valence electrons. The Bertz CT molecular complexity index is 2510. The van der Waals surface area contributed by atoms with Crippen LogP contribution in [-0.2, 0) is 18.3 Å². The van der Waals surface area contributed by atoms with Gasteiger partial charge in [-0.1, -0.05) is 35.3 Å². The van der Waals surface area contributed by atoms with Gasteiger partial charge < -0.3 is 24.3 Å². The van der Waals surface area contributed by atoms with Gasteiger partial charge in [0.1, 0.15) is 5.52 Å². The summed E-state index contributed by atoms with van der Waals surface area (Å²) in [6.45, 7) is 4.24. The van der Waals surface area contributed by atoms with Crippen LogP contribution < -0.4 is 15.8 Å². The maximum Gasteiger partial charge on any atom is 0.252 e. The molecule has 6 aliphatic rings. The number of likely N-dealkylation sites (tertiary alicyclic amines) is 1. The molecule has 6 atom stereocenters. The molecule has 2 saturated carbocycles. The molecule has 54 heavy (non-hydrogen) atoms. The number of rotatable bonds is 7. The van der Waals surface area contributed by atoms with Gasteiger partial charge in [0, 0.05) is 102 Å². The van der Waals surface area contributed by atoms with Crippen LogP contribution in [0.25, 0.3) is 32.9 Å². The number of anilines is 1. The van der Waals surface area contributed by atoms with Gasteiger partial charge in [-0.15, -0.1) is 0 Å². The molecule has 5 aromatic rings. The van der Waals surface area contributed by atoms with Crippen molar-refractivity contribution in [2.24, 2.45) is 24.8 Å². The number of nitrogens with one attached hydrogen (secondary N) is 1. The summed E-state index contributed by atoms with van der Waals surface area (Å²) in [4.78, 5) is 36.6. The zero-order chi connectivity index (χ0) is 37.2. The molecule has 2 aromatic carbocycles. The molecule has 0 spiro atoms. The summed E-state index contributed by atoms with van der Waals surface area (Å²) in [5.74, 6) is 0.318. The number of nitrogens with zero attached hydrogens (tertiary/aromatic N) is 6. The van der Waals surface area contributed by atoms with E-state index in [1.807, 2.05) is 25.3 Å². The lowest BCUT2D eigenvalue weighted by Crippen LogP contribution is -2.45. The molecule has 4 aliphatic heterocycles. The number of halogens is 3. The fourth-order valence-corrected chi connectivity index (χ4v) is 10.6. The van der Waals surface area contributed by atoms with Crippen LogP contribution in [0.4, 0.5) is 10.1 Å². The fraction of sp³-hybridized carbons (Fsp3) is 0.429. The number of piperidine rings is 1. The van der Waals surface area contributed by atoms with Crippen molar-refractivity contribution in [3.63, 3.8) is 0 Å². The number of aryl methyl sites for hydroxylation is 3. The van der Waals surface area contributed by atoms with Crippen LogP contribution in [-0.4, -0.2) is 56.6 Å². The first-order valence-corrected chi connectivity index (χ1v) is 19.8. The Morgan fingerprint density at radius 2 is 1.93 bits per heavy atom. The second-order valence-corrected chi connectivity index (χ2v) is 16.9. The van der Waals surface area contributed by atoms with Crippen LogP contribution in [0.15, 0.2) is 53.5 Å². The van der Waals surface area contributed by atoms with E-state index in [-0.39, 0.29) is 64.4 Å². The van der Waals surface area contributed by atoms with Gasteiger partial charge in [-0.25, -0.2) is 9.37 Å². The third kappa shape index (κ3) is 5.08. The van der Waals surface area contributed by atoms with Crippen molar-refractivity contribution in [2.45, 2.75) is 69.6 Å². The minimum absolute atomic E-state index is 0.00426. The van der Waals surface area contributed by atoms with Crippen molar-refractivity contribution < 1.29 is 9.18 Å². The van der Waals surface area contributed by atoms with E-state index in [0.29, 0.717) is 51.7 Å². The molecule has 11 rings (SSSR count). The third-order valence-corrected chi connectivity index (χ3v) is 13.8. The topological polar surface area (TPSA) is 99.2 Å². The maximum atomic E-state index is 17.3. The second kappa shape index (κ2) is 12.6. The van der Waals surface area contributed by atoms with E-state index in [4.69, 9.17) is 28.2 Å². The van der Waals surface area contributed by atoms with E-state index in [1.165, 1.54) is 0 Å². The van der Waals surface area contributed by atoms with Crippen LogP contribution in [0, 0.1) is 41.8 Å². The van der Waals surface area contributed by atoms with Crippen molar-refractivity contribution in [1.82, 2.24) is 24.3 Å². The Morgan fingerprint density at radius 1 is 1.09 bits per heavy atom. The molecule has 7 heterocycles. The average Bonchev–Trinajstić information content (AvgIpc) is 3.44. The highest BCUT2D eigenvalue weighted by Crippen LogP contribution is 2.54. The van der Waals surface area contributed by atoms with E-state index in [1.54, 1.807) is 35.9 Å². The zero-order valence-corrected chi connectivity index (χ0v) is 31.7. The number of fused-ring (bicyclic) bond motifs is 6. The molecular weight excluding hydrogens is 724 g/mol. The second-order valence-electron chi connectivity index (χ2n) is 16.1. The molecule has 9 nitrogen and oxygen atoms in total. The summed E-state index contributed by atoms with van der Waals surface area (Å²) in [6.07, 6.45) is 6.13. The van der Waals surface area contributed by atoms with E-state index in [0.717, 1.165) is 61.1 Å². The highest BCUT2D eigenvalue weighted by atomic mass is 35.5. The summed E-state index contributed by atoms with van der Waals surface area (Å²) in [5.41, 5.74) is 5.28. The zero-order valence-electron chi connectivity index (χ0n) is 30.2. The van der Waals surface area contributed by atoms with Crippen LogP contribution in [0.2, 0.25) is 10.0 Å². The van der Waals surface area contributed by atoms with Gasteiger partial charge in [0.05, 0.1) is 39.8 Å². The summed E-state index contributed by atoms with van der Waals surface area (Å²) < 4.78 is 21.4. The van der Waals surface area contributed by atoms with Crippen LogP contribution in [0.1, 0.15) is 61.1 Å². The first kappa shape index (κ1) is 34.1. The maximum absolute atomic E-state index is 17.3. The molecule has 6 unspecified atom stereocenters. The van der Waals surface area contributed by atoms with E-state index in [2.05, 4.69) is 31.8 Å². The van der Waals surface area contributed by atoms with Gasteiger partial charge in [0.15, 0.2) is 5.82 Å². The third-order valence-electron chi connectivity index (χ3n) is 13.0. The molecular formula is C42H40Cl2FN7O2. The summed E-state index contributed by atoms with van der Waals surface area (Å²) in [6, 6.07) is 15.6. The Balaban J connectivity index is 1.21. The van der Waals surface area contributed by atoms with Gasteiger partial charge >= 0.3 is 0 Å². The van der Waals surface area contributed by atoms with E-state index >= 15 is 4.39 Å². The number of nitriles is 1. The van der Waals surface area contributed by atoms with Crippen molar-refractivity contribution in [1.29, 1.82) is 5.26 Å². The number of carbonyl (C=O) groups is 1. The molecule has 2 aliphatic carbocycles. The Hall–Kier alpha value is -4.43. The first-order valence-electron chi connectivity index (χ1n) is 19.1. The Labute approximate surface area is 322 Å². The summed E-state index contributed by atoms with van der Waals surface area (Å²) >= 11 is 13.2. The molecule has 4 saturated heterocycles. The first-order chi connectivity index (χ1) is 26.1. The SMILES string of the molecule is Cc1nc2c(F)c(-c3cccc(Cl)c3Cl)c(CCC#N)cc2c2c1cc(C1C3CC(CN(c4ccn(C)c(=O)c4)C3)N1C(=O)C1CC1)n2C1C2CNC1C2. The highest BCUT2D eigenvalue weighted by molar-refractivity contribution is 6.43. The normalized spacial score (nSPS) is 25.8. The minimum Gasteiger partial charge on any atom is -0.369 e. The number of carbonyl (C=O) groups excluding carboxylic acids is 1. The quantitative estimate of drug-likeness (QED) is 0.185. The fourth-order valence-electron chi connectivity index (χ4n) is 10.3. The molecule has 1 amide bonds. The van der Waals surface area contributed by atoms with Crippen molar-refractivity contribution in [3.8, 4) is 17.2 Å². The van der Waals surface area contributed by atoms with Crippen LogP contribution in [0.3, 0.4) is 0 Å². The van der Waals surface area contributed by atoms with Gasteiger partial charge in [-0.2, -0.15) is 5.26 Å². The van der Waals surface area contributed by atoms with Crippen molar-refractivity contribution in [3.05, 3.63) is 91.8 Å². The van der Waals surface area contributed by atoms with Gasteiger partial charge in [0.25, 0.3) is 5.56 Å². The number of amides is 1. The monoisotopic (exact) mass is 763 g/mol. The van der Waals surface area contributed by atoms with Crippen molar-refractivity contribution >= 4 is 56.6 Å². The average molecular weight is 765 g/mol. The lowest BCUT2D eigenvalue weighted by molar-refractivity contribution is -0.135. The predicted octanol–water partition coefficient (Wildman–Crippen LogP) is 7.49. The smallest absolute Gasteiger partial charge is 0.252 e. The minimum atomic E-state index is -0.481. The number of hydrogen-bond donors (Lipinski definition) is 1. The molecule has 6 fully saturated rings. The molecule has 3 aromatic heterocycles. The number of benzene rings is 2. The lowest BCUT2D eigenvalue weighted by Gasteiger charge is -2.40. The Morgan fingerprint density at radius 3 is 2.65 bits per heavy atom.